The lowest BCUT2D eigenvalue weighted by molar-refractivity contribution is 0.0580. The van der Waals surface area contributed by atoms with Crippen molar-refractivity contribution in [3.8, 4) is 5.75 Å². The molecule has 0 unspecified atom stereocenters. The first kappa shape index (κ1) is 14.8. The quantitative estimate of drug-likeness (QED) is 0.882. The molecule has 0 radical (unpaired) electrons. The van der Waals surface area contributed by atoms with Crippen LogP contribution in [0.25, 0.3) is 0 Å². The molecular formula is C18H24N2O3. The highest BCUT2D eigenvalue weighted by atomic mass is 16.5. The number of urea groups is 1. The van der Waals surface area contributed by atoms with Gasteiger partial charge in [-0.3, -0.25) is 0 Å². The summed E-state index contributed by atoms with van der Waals surface area (Å²) >= 11 is 0. The van der Waals surface area contributed by atoms with Gasteiger partial charge < -0.3 is 20.1 Å². The second-order valence-corrected chi connectivity index (χ2v) is 6.98. The molecule has 4 rings (SSSR count). The molecule has 0 spiro atoms. The number of anilines is 1. The number of fused-ring (bicyclic) bond motifs is 3. The SMILES string of the molecule is COc1ccc2c(c1NC(=O)N1[C@H]3CC[C@H]1CC(O)C3)CCC2. The zero-order chi connectivity index (χ0) is 16.0. The van der Waals surface area contributed by atoms with E-state index in [2.05, 4.69) is 11.4 Å². The van der Waals surface area contributed by atoms with Crippen LogP contribution in [0.5, 0.6) is 5.75 Å². The maximum absolute atomic E-state index is 12.9. The molecule has 2 amide bonds. The summed E-state index contributed by atoms with van der Waals surface area (Å²) in [5, 5.41) is 13.0. The number of hydrogen-bond donors (Lipinski definition) is 2. The molecule has 0 saturated carbocycles. The van der Waals surface area contributed by atoms with Crippen LogP contribution >= 0.6 is 0 Å². The Morgan fingerprint density at radius 3 is 2.70 bits per heavy atom. The lowest BCUT2D eigenvalue weighted by atomic mass is 10.0. The van der Waals surface area contributed by atoms with Gasteiger partial charge in [-0.15, -0.1) is 0 Å². The van der Waals surface area contributed by atoms with Gasteiger partial charge in [-0.05, 0) is 62.1 Å². The van der Waals surface area contributed by atoms with Crippen LogP contribution in [0.15, 0.2) is 12.1 Å². The van der Waals surface area contributed by atoms with Crippen molar-refractivity contribution in [2.24, 2.45) is 0 Å². The van der Waals surface area contributed by atoms with E-state index in [0.717, 1.165) is 43.5 Å². The molecule has 1 aliphatic carbocycles. The fraction of sp³-hybridized carbons (Fsp3) is 0.611. The molecule has 2 fully saturated rings. The molecule has 2 saturated heterocycles. The number of aliphatic hydroxyl groups excluding tert-OH is 1. The number of nitrogens with zero attached hydrogens (tertiary/aromatic N) is 1. The highest BCUT2D eigenvalue weighted by Crippen LogP contribution is 2.39. The average molecular weight is 316 g/mol. The van der Waals surface area contributed by atoms with Gasteiger partial charge in [-0.2, -0.15) is 0 Å². The van der Waals surface area contributed by atoms with Crippen LogP contribution in [0.3, 0.4) is 0 Å². The third-order valence-corrected chi connectivity index (χ3v) is 5.64. The molecule has 124 valence electrons. The lowest BCUT2D eigenvalue weighted by Crippen LogP contribution is -2.49. The summed E-state index contributed by atoms with van der Waals surface area (Å²) in [6.07, 6.45) is 6.34. The normalized spacial score (nSPS) is 28.6. The van der Waals surface area contributed by atoms with Crippen LogP contribution in [0, 0.1) is 0 Å². The predicted octanol–water partition coefficient (Wildman–Crippen LogP) is 2.70. The summed E-state index contributed by atoms with van der Waals surface area (Å²) in [5.41, 5.74) is 3.39. The first-order chi connectivity index (χ1) is 11.2. The van der Waals surface area contributed by atoms with E-state index in [1.165, 1.54) is 11.1 Å². The summed E-state index contributed by atoms with van der Waals surface area (Å²) in [5.74, 6) is 0.739. The van der Waals surface area contributed by atoms with Crippen LogP contribution in [0.1, 0.15) is 43.2 Å². The van der Waals surface area contributed by atoms with Gasteiger partial charge >= 0.3 is 6.03 Å². The number of aryl methyl sites for hydroxylation is 1. The van der Waals surface area contributed by atoms with E-state index in [1.54, 1.807) is 7.11 Å². The lowest BCUT2D eigenvalue weighted by Gasteiger charge is -2.37. The van der Waals surface area contributed by atoms with Gasteiger partial charge in [0.25, 0.3) is 0 Å². The van der Waals surface area contributed by atoms with Crippen LogP contribution in [-0.2, 0) is 12.8 Å². The summed E-state index contributed by atoms with van der Waals surface area (Å²) in [6.45, 7) is 0. The van der Waals surface area contributed by atoms with E-state index in [0.29, 0.717) is 12.8 Å². The summed E-state index contributed by atoms with van der Waals surface area (Å²) in [6, 6.07) is 4.37. The predicted molar refractivity (Wildman–Crippen MR) is 87.9 cm³/mol. The minimum atomic E-state index is -0.257. The Balaban J connectivity index is 1.59. The third-order valence-electron chi connectivity index (χ3n) is 5.64. The van der Waals surface area contributed by atoms with Crippen molar-refractivity contribution in [2.45, 2.75) is 63.1 Å². The number of carbonyl (C=O) groups excluding carboxylic acids is 1. The number of piperidine rings is 1. The Morgan fingerprint density at radius 2 is 2.00 bits per heavy atom. The smallest absolute Gasteiger partial charge is 0.322 e. The molecule has 3 aliphatic rings. The first-order valence-corrected chi connectivity index (χ1v) is 8.63. The molecule has 1 aromatic carbocycles. The van der Waals surface area contributed by atoms with E-state index in [1.807, 2.05) is 11.0 Å². The maximum Gasteiger partial charge on any atom is 0.322 e. The number of amides is 2. The standard InChI is InChI=1S/C18H24N2O3/c1-23-16-8-5-11-3-2-4-15(11)17(16)19-18(22)20-12-6-7-13(20)10-14(21)9-12/h5,8,12-14,21H,2-4,6-7,9-10H2,1H3,(H,19,22)/t12-,13-/m0/s1. The molecule has 5 nitrogen and oxygen atoms in total. The third kappa shape index (κ3) is 2.47. The highest BCUT2D eigenvalue weighted by Gasteiger charge is 2.43. The van der Waals surface area contributed by atoms with E-state index in [9.17, 15) is 9.90 Å². The van der Waals surface area contributed by atoms with Crippen molar-refractivity contribution in [2.75, 3.05) is 12.4 Å². The second kappa shape index (κ2) is 5.71. The van der Waals surface area contributed by atoms with Gasteiger partial charge in [-0.1, -0.05) is 6.07 Å². The zero-order valence-corrected chi connectivity index (χ0v) is 13.5. The number of carbonyl (C=O) groups is 1. The molecular weight excluding hydrogens is 292 g/mol. The minimum absolute atomic E-state index is 0.0389. The Hall–Kier alpha value is -1.75. The van der Waals surface area contributed by atoms with Gasteiger partial charge in [0.15, 0.2) is 0 Å². The van der Waals surface area contributed by atoms with Gasteiger partial charge in [0.2, 0.25) is 0 Å². The topological polar surface area (TPSA) is 61.8 Å². The fourth-order valence-electron chi connectivity index (χ4n) is 4.60. The van der Waals surface area contributed by atoms with Gasteiger partial charge in [-0.25, -0.2) is 4.79 Å². The monoisotopic (exact) mass is 316 g/mol. The van der Waals surface area contributed by atoms with E-state index in [4.69, 9.17) is 4.74 Å². The largest absolute Gasteiger partial charge is 0.495 e. The molecule has 5 heteroatoms. The van der Waals surface area contributed by atoms with Crippen LogP contribution < -0.4 is 10.1 Å². The van der Waals surface area contributed by atoms with Gasteiger partial charge in [0, 0.05) is 12.1 Å². The minimum Gasteiger partial charge on any atom is -0.495 e. The molecule has 23 heavy (non-hydrogen) atoms. The van der Waals surface area contributed by atoms with Crippen molar-refractivity contribution >= 4 is 11.7 Å². The average Bonchev–Trinajstić information content (AvgIpc) is 3.11. The summed E-state index contributed by atoms with van der Waals surface area (Å²) in [4.78, 5) is 14.8. The van der Waals surface area contributed by atoms with Crippen LogP contribution in [0.4, 0.5) is 10.5 Å². The number of methoxy groups -OCH3 is 1. The Morgan fingerprint density at radius 1 is 1.26 bits per heavy atom. The maximum atomic E-state index is 12.9. The zero-order valence-electron chi connectivity index (χ0n) is 13.5. The molecule has 0 aromatic heterocycles. The van der Waals surface area contributed by atoms with Crippen LogP contribution in [0.2, 0.25) is 0 Å². The van der Waals surface area contributed by atoms with E-state index < -0.39 is 0 Å². The van der Waals surface area contributed by atoms with Crippen molar-refractivity contribution in [1.29, 1.82) is 0 Å². The summed E-state index contributed by atoms with van der Waals surface area (Å²) in [7, 11) is 1.65. The van der Waals surface area contributed by atoms with Gasteiger partial charge in [0.1, 0.15) is 5.75 Å². The molecule has 1 aromatic rings. The Labute approximate surface area is 136 Å². The van der Waals surface area contributed by atoms with Crippen LogP contribution in [-0.4, -0.2) is 41.3 Å². The second-order valence-electron chi connectivity index (χ2n) is 6.98. The molecule has 2 bridgehead atoms. The number of hydrogen-bond acceptors (Lipinski definition) is 3. The highest BCUT2D eigenvalue weighted by molar-refractivity contribution is 5.93. The number of benzene rings is 1. The van der Waals surface area contributed by atoms with Crippen molar-refractivity contribution in [3.05, 3.63) is 23.3 Å². The van der Waals surface area contributed by atoms with Crippen molar-refractivity contribution < 1.29 is 14.6 Å². The first-order valence-electron chi connectivity index (χ1n) is 8.63. The molecule has 2 aliphatic heterocycles. The Kier molecular flexibility index (Phi) is 3.68. The van der Waals surface area contributed by atoms with E-state index in [-0.39, 0.29) is 24.2 Å². The number of aliphatic hydroxyl groups is 1. The van der Waals surface area contributed by atoms with Gasteiger partial charge in [0.05, 0.1) is 18.9 Å². The Bertz CT molecular complexity index is 617. The number of rotatable bonds is 2. The molecule has 2 atom stereocenters. The molecule has 2 heterocycles. The van der Waals surface area contributed by atoms with E-state index >= 15 is 0 Å². The summed E-state index contributed by atoms with van der Waals surface area (Å²) < 4.78 is 5.47. The number of nitrogens with one attached hydrogen (secondary N) is 1. The molecule has 2 N–H and O–H groups in total. The van der Waals surface area contributed by atoms with Crippen molar-refractivity contribution in [1.82, 2.24) is 4.90 Å². The van der Waals surface area contributed by atoms with Crippen molar-refractivity contribution in [3.63, 3.8) is 0 Å². The number of ether oxygens (including phenoxy) is 1. The fourth-order valence-corrected chi connectivity index (χ4v) is 4.60.